The van der Waals surface area contributed by atoms with E-state index in [4.69, 9.17) is 9.41 Å². The maximum Gasteiger partial charge on any atom is 0.143 e. The Labute approximate surface area is 324 Å². The highest BCUT2D eigenvalue weighted by Crippen LogP contribution is 2.39. The molecule has 10 aromatic rings. The van der Waals surface area contributed by atoms with Gasteiger partial charge in [-0.25, -0.2) is 4.99 Å². The minimum Gasteiger partial charge on any atom is -0.455 e. The second-order valence-corrected chi connectivity index (χ2v) is 14.4. The van der Waals surface area contributed by atoms with Crippen molar-refractivity contribution in [1.82, 2.24) is 15.2 Å². The van der Waals surface area contributed by atoms with Crippen LogP contribution in [0.4, 0.5) is 0 Å². The van der Waals surface area contributed by atoms with E-state index in [-0.39, 0.29) is 12.3 Å². The van der Waals surface area contributed by atoms with E-state index in [1.165, 1.54) is 10.8 Å². The molecule has 2 atom stereocenters. The Kier molecular flexibility index (Phi) is 7.64. The van der Waals surface area contributed by atoms with E-state index in [1.807, 2.05) is 18.2 Å². The van der Waals surface area contributed by atoms with Crippen LogP contribution in [0, 0.1) is 0 Å². The molecule has 0 saturated carbocycles. The summed E-state index contributed by atoms with van der Waals surface area (Å²) in [7, 11) is 0. The Morgan fingerprint density at radius 2 is 1.12 bits per heavy atom. The molecule has 0 radical (unpaired) electrons. The fourth-order valence-electron chi connectivity index (χ4n) is 8.39. The quantitative estimate of drug-likeness (QED) is 0.180. The molecule has 11 rings (SSSR count). The van der Waals surface area contributed by atoms with Crippen molar-refractivity contribution in [2.24, 2.45) is 4.99 Å². The van der Waals surface area contributed by atoms with Crippen LogP contribution in [-0.4, -0.2) is 10.4 Å². The third kappa shape index (κ3) is 5.48. The lowest BCUT2D eigenvalue weighted by atomic mass is 9.97. The van der Waals surface area contributed by atoms with Gasteiger partial charge in [0.25, 0.3) is 0 Å². The first kappa shape index (κ1) is 32.2. The molecule has 2 aromatic heterocycles. The molecule has 5 nitrogen and oxygen atoms in total. The maximum absolute atomic E-state index is 6.43. The van der Waals surface area contributed by atoms with E-state index in [0.29, 0.717) is 0 Å². The van der Waals surface area contributed by atoms with Gasteiger partial charge in [0.1, 0.15) is 29.3 Å². The number of nitrogens with zero attached hydrogens (tertiary/aromatic N) is 2. The van der Waals surface area contributed by atoms with E-state index < -0.39 is 0 Å². The summed E-state index contributed by atoms with van der Waals surface area (Å²) >= 11 is 0. The number of nitrogens with one attached hydrogen (secondary N) is 2. The number of benzene rings is 8. The van der Waals surface area contributed by atoms with Gasteiger partial charge in [-0.15, -0.1) is 0 Å². The first-order valence-corrected chi connectivity index (χ1v) is 19.1. The van der Waals surface area contributed by atoms with E-state index >= 15 is 0 Å². The molecule has 2 unspecified atom stereocenters. The van der Waals surface area contributed by atoms with Gasteiger partial charge in [0.15, 0.2) is 0 Å². The number of hydrogen-bond acceptors (Lipinski definition) is 4. The van der Waals surface area contributed by atoms with Crippen molar-refractivity contribution >= 4 is 49.6 Å². The zero-order valence-corrected chi connectivity index (χ0v) is 30.4. The third-order valence-corrected chi connectivity index (χ3v) is 11.1. The predicted molar refractivity (Wildman–Crippen MR) is 230 cm³/mol. The average Bonchev–Trinajstić information content (AvgIpc) is 3.83. The summed E-state index contributed by atoms with van der Waals surface area (Å²) in [6.45, 7) is 0. The van der Waals surface area contributed by atoms with E-state index in [0.717, 1.165) is 83.4 Å². The van der Waals surface area contributed by atoms with Gasteiger partial charge in [0.2, 0.25) is 0 Å². The summed E-state index contributed by atoms with van der Waals surface area (Å²) in [5.74, 6) is 0.869. The van der Waals surface area contributed by atoms with Gasteiger partial charge in [-0.1, -0.05) is 158 Å². The molecule has 2 N–H and O–H groups in total. The molecular weight excluding hydrogens is 685 g/mol. The molecule has 0 spiro atoms. The molecule has 1 aliphatic heterocycles. The fraction of sp³-hybridized carbons (Fsp3) is 0.0392. The van der Waals surface area contributed by atoms with Gasteiger partial charge < -0.3 is 14.3 Å². The minimum atomic E-state index is -0.265. The maximum atomic E-state index is 6.43. The van der Waals surface area contributed by atoms with Crippen molar-refractivity contribution in [3.05, 3.63) is 211 Å². The number of fused-ring (bicyclic) bond motifs is 6. The lowest BCUT2D eigenvalue weighted by Crippen LogP contribution is -2.44. The second-order valence-electron chi connectivity index (χ2n) is 14.4. The normalized spacial score (nSPS) is 15.7. The molecule has 0 bridgehead atoms. The highest BCUT2D eigenvalue weighted by Gasteiger charge is 2.26. The Hall–Kier alpha value is -7.21. The zero-order chi connectivity index (χ0) is 37.0. The first-order chi connectivity index (χ1) is 27.7. The van der Waals surface area contributed by atoms with Crippen molar-refractivity contribution in [3.8, 4) is 27.9 Å². The van der Waals surface area contributed by atoms with Crippen molar-refractivity contribution in [2.45, 2.75) is 12.3 Å². The molecule has 0 fully saturated rings. The van der Waals surface area contributed by atoms with Crippen molar-refractivity contribution in [1.29, 1.82) is 0 Å². The lowest BCUT2D eigenvalue weighted by molar-refractivity contribution is 0.409. The molecule has 0 aliphatic carbocycles. The largest absolute Gasteiger partial charge is 0.455 e. The van der Waals surface area contributed by atoms with Gasteiger partial charge >= 0.3 is 0 Å². The predicted octanol–water partition coefficient (Wildman–Crippen LogP) is 12.4. The molecule has 5 heteroatoms. The highest BCUT2D eigenvalue weighted by molar-refractivity contribution is 6.11. The Balaban J connectivity index is 1.02. The summed E-state index contributed by atoms with van der Waals surface area (Å²) in [6, 6.07) is 68.7. The van der Waals surface area contributed by atoms with Crippen LogP contribution in [0.2, 0.25) is 0 Å². The average molecular weight is 721 g/mol. The van der Waals surface area contributed by atoms with E-state index in [9.17, 15) is 0 Å². The minimum absolute atomic E-state index is 0.108. The highest BCUT2D eigenvalue weighted by atomic mass is 16.3. The van der Waals surface area contributed by atoms with Gasteiger partial charge in [-0.2, -0.15) is 0 Å². The molecule has 1 aliphatic rings. The molecule has 0 amide bonds. The number of aromatic nitrogens is 1. The van der Waals surface area contributed by atoms with Crippen LogP contribution >= 0.6 is 0 Å². The first-order valence-electron chi connectivity index (χ1n) is 19.1. The van der Waals surface area contributed by atoms with Crippen LogP contribution in [0.5, 0.6) is 0 Å². The van der Waals surface area contributed by atoms with Crippen LogP contribution in [0.25, 0.3) is 71.7 Å². The van der Waals surface area contributed by atoms with Gasteiger partial charge in [0.05, 0.1) is 11.0 Å². The van der Waals surface area contributed by atoms with Crippen molar-refractivity contribution in [2.75, 3.05) is 0 Å². The van der Waals surface area contributed by atoms with Crippen LogP contribution in [0.15, 0.2) is 204 Å². The summed E-state index contributed by atoms with van der Waals surface area (Å²) in [5, 5.41) is 12.1. The second kappa shape index (κ2) is 13.3. The monoisotopic (exact) mass is 720 g/mol. The van der Waals surface area contributed by atoms with Gasteiger partial charge in [-0.3, -0.25) is 5.32 Å². The topological polar surface area (TPSA) is 54.5 Å². The summed E-state index contributed by atoms with van der Waals surface area (Å²) in [6.07, 6.45) is -0.373. The Morgan fingerprint density at radius 1 is 0.464 bits per heavy atom. The molecule has 0 saturated heterocycles. The SMILES string of the molecule is c1ccc(C2=NC(c3cccc(-n4c5ccccc5c5ccc(-c6cccc(-c7cccc8c7oc7ccccc78)c6)cc54)c3)NC(c3ccccc3)N2)cc1. The van der Waals surface area contributed by atoms with E-state index in [2.05, 4.69) is 191 Å². The van der Waals surface area contributed by atoms with Gasteiger partial charge in [-0.05, 0) is 64.2 Å². The van der Waals surface area contributed by atoms with Crippen molar-refractivity contribution < 1.29 is 4.42 Å². The van der Waals surface area contributed by atoms with Crippen LogP contribution in [0.3, 0.4) is 0 Å². The van der Waals surface area contributed by atoms with Crippen LogP contribution in [-0.2, 0) is 0 Å². The molecular formula is C51H36N4O. The lowest BCUT2D eigenvalue weighted by Gasteiger charge is -2.32. The number of amidine groups is 1. The number of hydrogen-bond donors (Lipinski definition) is 2. The van der Waals surface area contributed by atoms with Crippen molar-refractivity contribution in [3.63, 3.8) is 0 Å². The molecule has 8 aromatic carbocycles. The van der Waals surface area contributed by atoms with Crippen LogP contribution in [0.1, 0.15) is 29.0 Å². The molecule has 266 valence electrons. The molecule has 3 heterocycles. The van der Waals surface area contributed by atoms with Gasteiger partial charge in [0, 0.05) is 38.4 Å². The van der Waals surface area contributed by atoms with E-state index in [1.54, 1.807) is 0 Å². The summed E-state index contributed by atoms with van der Waals surface area (Å²) in [4.78, 5) is 5.24. The fourth-order valence-corrected chi connectivity index (χ4v) is 8.39. The smallest absolute Gasteiger partial charge is 0.143 e. The zero-order valence-electron chi connectivity index (χ0n) is 30.4. The Bertz CT molecular complexity index is 3100. The number of furan rings is 1. The number of aliphatic imine (C=N–C) groups is 1. The standard InChI is InChI=1S/C51H36N4O/c1-3-14-33(15-4-1)49-52-50(34-16-5-2-6-17-34)54-51(53-49)38-20-12-21-39(31-38)55-45-26-9-7-22-41(45)42-29-28-36(32-46(42)55)35-18-11-19-37(30-35)40-24-13-25-44-43-23-8-10-27-47(43)56-48(40)44/h1-32,49,51,53H,(H,52,54). The number of rotatable bonds is 6. The Morgan fingerprint density at radius 3 is 2.02 bits per heavy atom. The number of para-hydroxylation sites is 3. The summed E-state index contributed by atoms with van der Waals surface area (Å²) in [5.41, 5.74) is 13.0. The van der Waals surface area contributed by atoms with Crippen LogP contribution < -0.4 is 10.6 Å². The third-order valence-electron chi connectivity index (χ3n) is 11.1. The molecule has 56 heavy (non-hydrogen) atoms. The summed E-state index contributed by atoms with van der Waals surface area (Å²) < 4.78 is 8.83.